The van der Waals surface area contributed by atoms with E-state index in [1.807, 2.05) is 13.8 Å². The van der Waals surface area contributed by atoms with Gasteiger partial charge >= 0.3 is 0 Å². The largest absolute Gasteiger partial charge is 0.352 e. The van der Waals surface area contributed by atoms with Crippen molar-refractivity contribution in [3.8, 4) is 0 Å². The molecule has 0 aliphatic heterocycles. The number of anilines is 1. The second kappa shape index (κ2) is 11.7. The van der Waals surface area contributed by atoms with Gasteiger partial charge in [-0.1, -0.05) is 29.3 Å². The second-order valence-electron chi connectivity index (χ2n) is 7.86. The molecule has 33 heavy (non-hydrogen) atoms. The molecular formula is C22H26Cl2IN3O4S. The van der Waals surface area contributed by atoms with Crippen LogP contribution in [0.2, 0.25) is 10.0 Å². The van der Waals surface area contributed by atoms with Crippen molar-refractivity contribution in [2.75, 3.05) is 17.1 Å². The molecule has 1 N–H and O–H groups in total. The minimum atomic E-state index is -3.77. The maximum Gasteiger partial charge on any atom is 0.244 e. The van der Waals surface area contributed by atoms with E-state index in [4.69, 9.17) is 23.2 Å². The molecule has 0 spiro atoms. The van der Waals surface area contributed by atoms with Crippen molar-refractivity contribution in [2.45, 2.75) is 39.4 Å². The highest BCUT2D eigenvalue weighted by Gasteiger charge is 2.30. The van der Waals surface area contributed by atoms with Crippen LogP contribution in [-0.4, -0.2) is 50.0 Å². The van der Waals surface area contributed by atoms with E-state index in [2.05, 4.69) is 27.9 Å². The normalized spacial score (nSPS) is 12.4. The summed E-state index contributed by atoms with van der Waals surface area (Å²) in [5, 5.41) is 3.48. The van der Waals surface area contributed by atoms with Gasteiger partial charge in [0.25, 0.3) is 0 Å². The van der Waals surface area contributed by atoms with Crippen LogP contribution >= 0.6 is 45.8 Å². The number of halogens is 3. The first-order valence-corrected chi connectivity index (χ1v) is 13.7. The van der Waals surface area contributed by atoms with Crippen LogP contribution in [0.5, 0.6) is 0 Å². The molecular weight excluding hydrogens is 600 g/mol. The molecule has 0 radical (unpaired) electrons. The Kier molecular flexibility index (Phi) is 9.83. The van der Waals surface area contributed by atoms with Crippen LogP contribution < -0.4 is 9.62 Å². The van der Waals surface area contributed by atoms with Crippen molar-refractivity contribution in [3.63, 3.8) is 0 Å². The quantitative estimate of drug-likeness (QED) is 0.421. The molecule has 0 bridgehead atoms. The second-order valence-corrected chi connectivity index (χ2v) is 11.8. The van der Waals surface area contributed by atoms with E-state index in [-0.39, 0.29) is 18.5 Å². The molecule has 2 aromatic carbocycles. The van der Waals surface area contributed by atoms with Crippen molar-refractivity contribution in [2.24, 2.45) is 0 Å². The van der Waals surface area contributed by atoms with E-state index in [0.29, 0.717) is 21.3 Å². The lowest BCUT2D eigenvalue weighted by Crippen LogP contribution is -2.52. The van der Waals surface area contributed by atoms with E-state index in [0.717, 1.165) is 14.1 Å². The molecule has 1 atom stereocenters. The Morgan fingerprint density at radius 1 is 1.03 bits per heavy atom. The fraction of sp³-hybridized carbons (Fsp3) is 0.364. The lowest BCUT2D eigenvalue weighted by atomic mass is 10.1. The number of hydrogen-bond acceptors (Lipinski definition) is 4. The zero-order valence-corrected chi connectivity index (χ0v) is 23.2. The van der Waals surface area contributed by atoms with Crippen LogP contribution in [0.25, 0.3) is 0 Å². The molecule has 2 rings (SSSR count). The predicted molar refractivity (Wildman–Crippen MR) is 141 cm³/mol. The van der Waals surface area contributed by atoms with Gasteiger partial charge in [-0.2, -0.15) is 0 Å². The number of nitrogens with one attached hydrogen (secondary N) is 1. The highest BCUT2D eigenvalue weighted by molar-refractivity contribution is 14.1. The standard InChI is InChI=1S/C22H26Cl2IN3O4S/c1-14(2)26-22(30)15(3)27(12-16-5-10-19(23)20(24)11-16)21(29)13-28(33(4,31)32)18-8-6-17(25)7-9-18/h5-11,14-15H,12-13H2,1-4H3,(H,26,30). The molecule has 180 valence electrons. The molecule has 0 fully saturated rings. The highest BCUT2D eigenvalue weighted by atomic mass is 127. The van der Waals surface area contributed by atoms with Crippen molar-refractivity contribution < 1.29 is 18.0 Å². The van der Waals surface area contributed by atoms with Gasteiger partial charge in [0.2, 0.25) is 21.8 Å². The fourth-order valence-electron chi connectivity index (χ4n) is 3.04. The first kappa shape index (κ1) is 27.7. The topological polar surface area (TPSA) is 86.8 Å². The third-order valence-corrected chi connectivity index (χ3v) is 7.33. The van der Waals surface area contributed by atoms with Gasteiger partial charge in [0.15, 0.2) is 0 Å². The van der Waals surface area contributed by atoms with Crippen molar-refractivity contribution in [1.82, 2.24) is 10.2 Å². The van der Waals surface area contributed by atoms with Gasteiger partial charge < -0.3 is 10.2 Å². The monoisotopic (exact) mass is 625 g/mol. The van der Waals surface area contributed by atoms with Crippen LogP contribution in [0.3, 0.4) is 0 Å². The number of carbonyl (C=O) groups excluding carboxylic acids is 2. The number of rotatable bonds is 9. The SMILES string of the molecule is CC(C)NC(=O)C(C)N(Cc1ccc(Cl)c(Cl)c1)C(=O)CN(c1ccc(I)cc1)S(C)(=O)=O. The zero-order valence-electron chi connectivity index (χ0n) is 18.7. The summed E-state index contributed by atoms with van der Waals surface area (Å²) in [6, 6.07) is 10.7. The lowest BCUT2D eigenvalue weighted by Gasteiger charge is -2.32. The van der Waals surface area contributed by atoms with Crippen molar-refractivity contribution >= 4 is 73.3 Å². The maximum atomic E-state index is 13.4. The van der Waals surface area contributed by atoms with E-state index in [1.54, 1.807) is 49.4 Å². The van der Waals surface area contributed by atoms with Gasteiger partial charge in [-0.25, -0.2) is 8.42 Å². The molecule has 0 saturated heterocycles. The lowest BCUT2D eigenvalue weighted by molar-refractivity contribution is -0.139. The third-order valence-electron chi connectivity index (χ3n) is 4.73. The summed E-state index contributed by atoms with van der Waals surface area (Å²) in [6.45, 7) is 4.82. The molecule has 7 nitrogen and oxygen atoms in total. The van der Waals surface area contributed by atoms with Crippen LogP contribution in [0.15, 0.2) is 42.5 Å². The third kappa shape index (κ3) is 8.01. The van der Waals surface area contributed by atoms with Gasteiger partial charge in [-0.05, 0) is 85.3 Å². The Hall–Kier alpha value is -1.56. The fourth-order valence-corrected chi connectivity index (χ4v) is 4.57. The molecule has 0 aromatic heterocycles. The number of sulfonamides is 1. The molecule has 0 saturated carbocycles. The summed E-state index contributed by atoms with van der Waals surface area (Å²) < 4.78 is 27.0. The minimum absolute atomic E-state index is 0.0483. The van der Waals surface area contributed by atoms with Gasteiger partial charge in [0.05, 0.1) is 22.0 Å². The van der Waals surface area contributed by atoms with Crippen LogP contribution in [0.4, 0.5) is 5.69 Å². The molecule has 0 aliphatic carbocycles. The molecule has 0 heterocycles. The van der Waals surface area contributed by atoms with Gasteiger partial charge in [-0.15, -0.1) is 0 Å². The first-order chi connectivity index (χ1) is 15.3. The Labute approximate surface area is 218 Å². The van der Waals surface area contributed by atoms with E-state index < -0.39 is 28.5 Å². The predicted octanol–water partition coefficient (Wildman–Crippen LogP) is 4.31. The molecule has 11 heteroatoms. The Bertz CT molecular complexity index is 1110. The van der Waals surface area contributed by atoms with Crippen molar-refractivity contribution in [1.29, 1.82) is 0 Å². The maximum absolute atomic E-state index is 13.4. The summed E-state index contributed by atoms with van der Waals surface area (Å²) >= 11 is 14.2. The molecule has 2 aromatic rings. The zero-order chi connectivity index (χ0) is 24.9. The summed E-state index contributed by atoms with van der Waals surface area (Å²) in [4.78, 5) is 27.5. The van der Waals surface area contributed by atoms with Crippen LogP contribution in [-0.2, 0) is 26.2 Å². The number of hydrogen-bond donors (Lipinski definition) is 1. The summed E-state index contributed by atoms with van der Waals surface area (Å²) in [5.74, 6) is -0.880. The summed E-state index contributed by atoms with van der Waals surface area (Å²) in [7, 11) is -3.77. The summed E-state index contributed by atoms with van der Waals surface area (Å²) in [5.41, 5.74) is 1.02. The smallest absolute Gasteiger partial charge is 0.244 e. The minimum Gasteiger partial charge on any atom is -0.352 e. The van der Waals surface area contributed by atoms with Gasteiger partial charge in [0, 0.05) is 16.2 Å². The van der Waals surface area contributed by atoms with E-state index in [9.17, 15) is 18.0 Å². The number of benzene rings is 2. The average Bonchev–Trinajstić information content (AvgIpc) is 2.71. The first-order valence-electron chi connectivity index (χ1n) is 10.1. The van der Waals surface area contributed by atoms with E-state index in [1.165, 1.54) is 4.90 Å². The van der Waals surface area contributed by atoms with Gasteiger partial charge in [0.1, 0.15) is 12.6 Å². The molecule has 0 aliphatic rings. The Balaban J connectivity index is 2.40. The van der Waals surface area contributed by atoms with Crippen molar-refractivity contribution in [3.05, 3.63) is 61.6 Å². The van der Waals surface area contributed by atoms with Gasteiger partial charge in [-0.3, -0.25) is 13.9 Å². The average molecular weight is 626 g/mol. The number of nitrogens with zero attached hydrogens (tertiary/aromatic N) is 2. The van der Waals surface area contributed by atoms with Crippen LogP contribution in [0, 0.1) is 3.57 Å². The highest BCUT2D eigenvalue weighted by Crippen LogP contribution is 2.24. The van der Waals surface area contributed by atoms with Crippen LogP contribution in [0.1, 0.15) is 26.3 Å². The Morgan fingerprint density at radius 3 is 2.15 bits per heavy atom. The molecule has 2 amide bonds. The Morgan fingerprint density at radius 2 is 1.64 bits per heavy atom. The molecule has 1 unspecified atom stereocenters. The summed E-state index contributed by atoms with van der Waals surface area (Å²) in [6.07, 6.45) is 1.04. The van der Waals surface area contributed by atoms with E-state index >= 15 is 0 Å². The number of carbonyl (C=O) groups is 2. The number of amides is 2.